The zero-order valence-electron chi connectivity index (χ0n) is 12.4. The van der Waals surface area contributed by atoms with Gasteiger partial charge in [0.2, 0.25) is 0 Å². The fraction of sp³-hybridized carbons (Fsp3) is 0.667. The van der Waals surface area contributed by atoms with E-state index < -0.39 is 27.8 Å². The zero-order valence-corrected chi connectivity index (χ0v) is 13.2. The van der Waals surface area contributed by atoms with Gasteiger partial charge < -0.3 is 9.84 Å². The average Bonchev–Trinajstić information content (AvgIpc) is 2.81. The molecule has 1 aromatic rings. The lowest BCUT2D eigenvalue weighted by Gasteiger charge is -2.27. The van der Waals surface area contributed by atoms with Crippen molar-refractivity contribution in [1.82, 2.24) is 14.1 Å². The molecule has 0 fully saturated rings. The number of ether oxygens (including phenoxy) is 1. The fourth-order valence-electron chi connectivity index (χ4n) is 2.23. The standard InChI is InChI=1S/C12H19N3O5S/c1-12(2,3)20-11(17)14-6-9-8(10(14)7-16)5-13-15(9)21(4,18)19/h5,10,16H,6-7H2,1-4H3/t10-/m1/s1. The predicted molar refractivity (Wildman–Crippen MR) is 74.1 cm³/mol. The topological polar surface area (TPSA) is 102 Å². The summed E-state index contributed by atoms with van der Waals surface area (Å²) in [4.78, 5) is 13.5. The van der Waals surface area contributed by atoms with Gasteiger partial charge in [-0.3, -0.25) is 4.90 Å². The van der Waals surface area contributed by atoms with E-state index in [9.17, 15) is 18.3 Å². The zero-order chi connectivity index (χ0) is 16.0. The molecule has 1 atom stereocenters. The van der Waals surface area contributed by atoms with Crippen LogP contribution >= 0.6 is 0 Å². The molecule has 0 aromatic carbocycles. The molecular weight excluding hydrogens is 298 g/mol. The van der Waals surface area contributed by atoms with Crippen LogP contribution in [0.1, 0.15) is 38.1 Å². The van der Waals surface area contributed by atoms with Gasteiger partial charge in [-0.15, -0.1) is 0 Å². The molecule has 1 amide bonds. The maximum absolute atomic E-state index is 12.2. The van der Waals surface area contributed by atoms with E-state index in [1.165, 1.54) is 11.1 Å². The number of rotatable bonds is 2. The molecule has 1 aromatic heterocycles. The molecule has 1 N–H and O–H groups in total. The number of hydrogen-bond donors (Lipinski definition) is 1. The van der Waals surface area contributed by atoms with E-state index in [4.69, 9.17) is 4.74 Å². The Hall–Kier alpha value is -1.61. The Balaban J connectivity index is 2.34. The first-order valence-electron chi connectivity index (χ1n) is 6.42. The molecule has 0 saturated carbocycles. The first-order valence-corrected chi connectivity index (χ1v) is 8.27. The molecule has 0 saturated heterocycles. The lowest BCUT2D eigenvalue weighted by atomic mass is 10.2. The van der Waals surface area contributed by atoms with Gasteiger partial charge in [-0.2, -0.15) is 9.19 Å². The minimum absolute atomic E-state index is 0.0303. The molecule has 1 aliphatic heterocycles. The summed E-state index contributed by atoms with van der Waals surface area (Å²) in [5.74, 6) is 0. The van der Waals surface area contributed by atoms with Gasteiger partial charge in [-0.1, -0.05) is 0 Å². The second-order valence-electron chi connectivity index (χ2n) is 5.96. The Kier molecular flexibility index (Phi) is 3.75. The third kappa shape index (κ3) is 3.03. The van der Waals surface area contributed by atoms with Crippen LogP contribution in [0.5, 0.6) is 0 Å². The van der Waals surface area contributed by atoms with Crippen LogP contribution in [-0.2, 0) is 21.3 Å². The molecule has 9 heteroatoms. The van der Waals surface area contributed by atoms with Gasteiger partial charge in [0.05, 0.1) is 37.3 Å². The van der Waals surface area contributed by atoms with Crippen molar-refractivity contribution in [2.24, 2.45) is 0 Å². The van der Waals surface area contributed by atoms with E-state index in [1.54, 1.807) is 20.8 Å². The number of aliphatic hydroxyl groups is 1. The highest BCUT2D eigenvalue weighted by Gasteiger charge is 2.39. The normalized spacial score (nSPS) is 18.7. The molecule has 21 heavy (non-hydrogen) atoms. The Bertz CT molecular complexity index is 659. The molecule has 0 unspecified atom stereocenters. The lowest BCUT2D eigenvalue weighted by Crippen LogP contribution is -2.37. The molecule has 0 spiro atoms. The third-order valence-corrected chi connectivity index (χ3v) is 3.98. The predicted octanol–water partition coefficient (Wildman–Crippen LogP) is 0.475. The number of fused-ring (bicyclic) bond motifs is 1. The van der Waals surface area contributed by atoms with E-state index in [0.717, 1.165) is 10.3 Å². The van der Waals surface area contributed by atoms with Crippen LogP contribution in [0.3, 0.4) is 0 Å². The molecular formula is C12H19N3O5S. The summed E-state index contributed by atoms with van der Waals surface area (Å²) < 4.78 is 29.5. The van der Waals surface area contributed by atoms with E-state index in [0.29, 0.717) is 11.3 Å². The van der Waals surface area contributed by atoms with Crippen molar-refractivity contribution < 1.29 is 23.1 Å². The van der Waals surface area contributed by atoms with Crippen LogP contribution in [0.4, 0.5) is 4.79 Å². The van der Waals surface area contributed by atoms with E-state index in [1.807, 2.05) is 0 Å². The summed E-state index contributed by atoms with van der Waals surface area (Å²) in [5, 5.41) is 13.3. The molecule has 118 valence electrons. The Morgan fingerprint density at radius 3 is 2.62 bits per heavy atom. The van der Waals surface area contributed by atoms with Crippen molar-refractivity contribution in [3.8, 4) is 0 Å². The fourth-order valence-corrected chi connectivity index (χ4v) is 3.02. The van der Waals surface area contributed by atoms with E-state index in [-0.39, 0.29) is 13.2 Å². The Labute approximate surface area is 123 Å². The van der Waals surface area contributed by atoms with Crippen molar-refractivity contribution in [2.75, 3.05) is 12.9 Å². The summed E-state index contributed by atoms with van der Waals surface area (Å²) >= 11 is 0. The second-order valence-corrected chi connectivity index (χ2v) is 7.77. The van der Waals surface area contributed by atoms with E-state index in [2.05, 4.69) is 5.10 Å². The van der Waals surface area contributed by atoms with Gasteiger partial charge in [-0.05, 0) is 20.8 Å². The van der Waals surface area contributed by atoms with Crippen LogP contribution in [-0.4, -0.2) is 52.2 Å². The van der Waals surface area contributed by atoms with Crippen molar-refractivity contribution in [3.05, 3.63) is 17.5 Å². The second kappa shape index (κ2) is 4.99. The van der Waals surface area contributed by atoms with Gasteiger partial charge in [-0.25, -0.2) is 13.2 Å². The summed E-state index contributed by atoms with van der Waals surface area (Å²) in [5.41, 5.74) is 0.227. The number of hydrogen-bond acceptors (Lipinski definition) is 6. The van der Waals surface area contributed by atoms with Gasteiger partial charge >= 0.3 is 6.09 Å². The quantitative estimate of drug-likeness (QED) is 0.851. The monoisotopic (exact) mass is 317 g/mol. The van der Waals surface area contributed by atoms with Crippen molar-refractivity contribution in [2.45, 2.75) is 39.0 Å². The minimum atomic E-state index is -3.56. The minimum Gasteiger partial charge on any atom is -0.444 e. The van der Waals surface area contributed by atoms with Crippen molar-refractivity contribution in [1.29, 1.82) is 0 Å². The van der Waals surface area contributed by atoms with Crippen LogP contribution in [0.15, 0.2) is 6.20 Å². The van der Waals surface area contributed by atoms with Crippen LogP contribution in [0.25, 0.3) is 0 Å². The third-order valence-electron chi connectivity index (χ3n) is 3.04. The highest BCUT2D eigenvalue weighted by molar-refractivity contribution is 7.89. The van der Waals surface area contributed by atoms with Crippen LogP contribution in [0, 0.1) is 0 Å². The van der Waals surface area contributed by atoms with E-state index >= 15 is 0 Å². The molecule has 8 nitrogen and oxygen atoms in total. The van der Waals surface area contributed by atoms with Gasteiger partial charge in [0.25, 0.3) is 10.0 Å². The van der Waals surface area contributed by atoms with Gasteiger partial charge in [0.1, 0.15) is 5.60 Å². The highest BCUT2D eigenvalue weighted by atomic mass is 32.2. The highest BCUT2D eigenvalue weighted by Crippen LogP contribution is 2.34. The summed E-state index contributed by atoms with van der Waals surface area (Å²) in [7, 11) is -3.56. The van der Waals surface area contributed by atoms with Gasteiger partial charge in [0, 0.05) is 5.56 Å². The number of carbonyl (C=O) groups is 1. The molecule has 0 aliphatic carbocycles. The first-order chi connectivity index (χ1) is 9.54. The number of carbonyl (C=O) groups excluding carboxylic acids is 1. The number of aromatic nitrogens is 2. The summed E-state index contributed by atoms with van der Waals surface area (Å²) in [6.45, 7) is 4.91. The first kappa shape index (κ1) is 15.8. The molecule has 2 heterocycles. The lowest BCUT2D eigenvalue weighted by molar-refractivity contribution is 0.0107. The number of nitrogens with zero attached hydrogens (tertiary/aromatic N) is 3. The van der Waals surface area contributed by atoms with Crippen molar-refractivity contribution in [3.63, 3.8) is 0 Å². The smallest absolute Gasteiger partial charge is 0.411 e. The maximum Gasteiger partial charge on any atom is 0.411 e. The van der Waals surface area contributed by atoms with Crippen LogP contribution in [0.2, 0.25) is 0 Å². The largest absolute Gasteiger partial charge is 0.444 e. The molecule has 2 rings (SSSR count). The average molecular weight is 317 g/mol. The Morgan fingerprint density at radius 1 is 1.52 bits per heavy atom. The SMILES string of the molecule is CC(C)(C)OC(=O)N1Cc2c(cnn2S(C)(=O)=O)[C@H]1CO. The summed E-state index contributed by atoms with van der Waals surface area (Å²) in [6.07, 6.45) is 1.80. The van der Waals surface area contributed by atoms with Crippen molar-refractivity contribution >= 4 is 16.1 Å². The summed E-state index contributed by atoms with van der Waals surface area (Å²) in [6, 6.07) is -0.648. The maximum atomic E-state index is 12.2. The molecule has 0 bridgehead atoms. The molecule has 0 radical (unpaired) electrons. The van der Waals surface area contributed by atoms with Gasteiger partial charge in [0.15, 0.2) is 0 Å². The molecule has 1 aliphatic rings. The Morgan fingerprint density at radius 2 is 2.14 bits per heavy atom. The van der Waals surface area contributed by atoms with Crippen LogP contribution < -0.4 is 0 Å². The number of aliphatic hydroxyl groups excluding tert-OH is 1. The number of amides is 1.